The lowest BCUT2D eigenvalue weighted by Gasteiger charge is -2.24. The van der Waals surface area contributed by atoms with Crippen molar-refractivity contribution >= 4 is 29.1 Å². The summed E-state index contributed by atoms with van der Waals surface area (Å²) in [6.45, 7) is 3.10. The fourth-order valence-electron chi connectivity index (χ4n) is 2.46. The van der Waals surface area contributed by atoms with Crippen LogP contribution in [0.3, 0.4) is 0 Å². The van der Waals surface area contributed by atoms with Gasteiger partial charge in [-0.05, 0) is 44.0 Å². The molecule has 1 amide bonds. The first-order valence-electron chi connectivity index (χ1n) is 6.61. The molecular formula is C14H18Cl2N2O. The van der Waals surface area contributed by atoms with E-state index >= 15 is 0 Å². The van der Waals surface area contributed by atoms with Crippen molar-refractivity contribution in [2.24, 2.45) is 0 Å². The Morgan fingerprint density at radius 2 is 2.32 bits per heavy atom. The van der Waals surface area contributed by atoms with Crippen LogP contribution in [0.15, 0.2) is 18.2 Å². The monoisotopic (exact) mass is 300 g/mol. The summed E-state index contributed by atoms with van der Waals surface area (Å²) in [6, 6.07) is 5.41. The van der Waals surface area contributed by atoms with E-state index in [9.17, 15) is 4.79 Å². The van der Waals surface area contributed by atoms with Gasteiger partial charge in [0, 0.05) is 17.1 Å². The second kappa shape index (κ2) is 6.60. The second-order valence-electron chi connectivity index (χ2n) is 4.82. The quantitative estimate of drug-likeness (QED) is 0.896. The Bertz CT molecular complexity index is 459. The molecule has 1 aliphatic heterocycles. The van der Waals surface area contributed by atoms with E-state index in [4.69, 9.17) is 23.2 Å². The van der Waals surface area contributed by atoms with Gasteiger partial charge in [-0.3, -0.25) is 4.79 Å². The standard InChI is InChI=1S/C14H18Cl2N2O/c1-2-12(13-4-3-7-17-13)18-14(19)10-8-9(15)5-6-11(10)16/h5-6,8,12-13,17H,2-4,7H2,1H3,(H,18,19). The summed E-state index contributed by atoms with van der Waals surface area (Å²) in [4.78, 5) is 12.3. The van der Waals surface area contributed by atoms with Crippen molar-refractivity contribution in [2.45, 2.75) is 38.3 Å². The Kier molecular flexibility index (Phi) is 5.08. The summed E-state index contributed by atoms with van der Waals surface area (Å²) in [7, 11) is 0. The van der Waals surface area contributed by atoms with Crippen LogP contribution in [0.25, 0.3) is 0 Å². The maximum absolute atomic E-state index is 12.3. The van der Waals surface area contributed by atoms with Crippen molar-refractivity contribution < 1.29 is 4.79 Å². The molecule has 1 aromatic rings. The third-order valence-corrected chi connectivity index (χ3v) is 4.08. The lowest BCUT2D eigenvalue weighted by atomic mass is 10.0. The fraction of sp³-hybridized carbons (Fsp3) is 0.500. The molecule has 1 heterocycles. The van der Waals surface area contributed by atoms with Gasteiger partial charge in [0.05, 0.1) is 10.6 Å². The molecule has 0 radical (unpaired) electrons. The Morgan fingerprint density at radius 3 is 2.95 bits per heavy atom. The van der Waals surface area contributed by atoms with Crippen LogP contribution in [0.1, 0.15) is 36.5 Å². The van der Waals surface area contributed by atoms with E-state index in [0.29, 0.717) is 21.7 Å². The number of hydrogen-bond donors (Lipinski definition) is 2. The van der Waals surface area contributed by atoms with E-state index < -0.39 is 0 Å². The van der Waals surface area contributed by atoms with Gasteiger partial charge in [0.2, 0.25) is 0 Å². The van der Waals surface area contributed by atoms with Gasteiger partial charge in [-0.15, -0.1) is 0 Å². The second-order valence-corrected chi connectivity index (χ2v) is 5.66. The number of halogens is 2. The maximum atomic E-state index is 12.3. The average molecular weight is 301 g/mol. The minimum atomic E-state index is -0.159. The molecule has 19 heavy (non-hydrogen) atoms. The Labute approximate surface area is 123 Å². The summed E-state index contributed by atoms with van der Waals surface area (Å²) < 4.78 is 0. The zero-order valence-corrected chi connectivity index (χ0v) is 12.4. The molecule has 5 heteroatoms. The number of rotatable bonds is 4. The first-order chi connectivity index (χ1) is 9.11. The average Bonchev–Trinajstić information content (AvgIpc) is 2.92. The molecule has 0 bridgehead atoms. The highest BCUT2D eigenvalue weighted by atomic mass is 35.5. The van der Waals surface area contributed by atoms with Crippen LogP contribution in [0.4, 0.5) is 0 Å². The van der Waals surface area contributed by atoms with Crippen molar-refractivity contribution in [2.75, 3.05) is 6.54 Å². The van der Waals surface area contributed by atoms with Gasteiger partial charge in [-0.2, -0.15) is 0 Å². The van der Waals surface area contributed by atoms with E-state index in [2.05, 4.69) is 17.6 Å². The van der Waals surface area contributed by atoms with Gasteiger partial charge in [0.25, 0.3) is 5.91 Å². The molecular weight excluding hydrogens is 283 g/mol. The highest BCUT2D eigenvalue weighted by Crippen LogP contribution is 2.21. The van der Waals surface area contributed by atoms with Gasteiger partial charge in [0.1, 0.15) is 0 Å². The zero-order valence-electron chi connectivity index (χ0n) is 10.9. The Morgan fingerprint density at radius 1 is 1.53 bits per heavy atom. The first-order valence-corrected chi connectivity index (χ1v) is 7.36. The summed E-state index contributed by atoms with van der Waals surface area (Å²) in [5.74, 6) is -0.159. The molecule has 2 unspecified atom stereocenters. The van der Waals surface area contributed by atoms with Crippen LogP contribution in [0.5, 0.6) is 0 Å². The normalized spacial score (nSPS) is 20.3. The van der Waals surface area contributed by atoms with Crippen molar-refractivity contribution in [1.82, 2.24) is 10.6 Å². The van der Waals surface area contributed by atoms with Crippen molar-refractivity contribution in [3.05, 3.63) is 33.8 Å². The highest BCUT2D eigenvalue weighted by Gasteiger charge is 2.25. The topological polar surface area (TPSA) is 41.1 Å². The van der Waals surface area contributed by atoms with E-state index in [0.717, 1.165) is 25.8 Å². The molecule has 3 nitrogen and oxygen atoms in total. The molecule has 0 spiro atoms. The van der Waals surface area contributed by atoms with Gasteiger partial charge >= 0.3 is 0 Å². The molecule has 104 valence electrons. The largest absolute Gasteiger partial charge is 0.348 e. The predicted octanol–water partition coefficient (Wildman–Crippen LogP) is 3.25. The van der Waals surface area contributed by atoms with Crippen LogP contribution < -0.4 is 10.6 Å². The lowest BCUT2D eigenvalue weighted by molar-refractivity contribution is 0.0928. The highest BCUT2D eigenvalue weighted by molar-refractivity contribution is 6.35. The van der Waals surface area contributed by atoms with Gasteiger partial charge in [-0.1, -0.05) is 30.1 Å². The van der Waals surface area contributed by atoms with Gasteiger partial charge in [-0.25, -0.2) is 0 Å². The molecule has 0 saturated carbocycles. The summed E-state index contributed by atoms with van der Waals surface area (Å²) >= 11 is 11.9. The summed E-state index contributed by atoms with van der Waals surface area (Å²) in [5.41, 5.74) is 0.436. The minimum absolute atomic E-state index is 0.130. The first kappa shape index (κ1) is 14.6. The number of amides is 1. The number of hydrogen-bond acceptors (Lipinski definition) is 2. The van der Waals surface area contributed by atoms with E-state index in [1.54, 1.807) is 18.2 Å². The molecule has 1 saturated heterocycles. The van der Waals surface area contributed by atoms with Crippen molar-refractivity contribution in [3.63, 3.8) is 0 Å². The number of carbonyl (C=O) groups excluding carboxylic acids is 1. The molecule has 0 aliphatic carbocycles. The fourth-order valence-corrected chi connectivity index (χ4v) is 2.84. The molecule has 1 fully saturated rings. The van der Waals surface area contributed by atoms with Crippen LogP contribution in [0.2, 0.25) is 10.0 Å². The lowest BCUT2D eigenvalue weighted by Crippen LogP contribution is -2.47. The molecule has 1 aromatic carbocycles. The van der Waals surface area contributed by atoms with Crippen LogP contribution in [0, 0.1) is 0 Å². The van der Waals surface area contributed by atoms with E-state index in [1.807, 2.05) is 0 Å². The molecule has 2 atom stereocenters. The summed E-state index contributed by atoms with van der Waals surface area (Å²) in [5, 5.41) is 7.41. The summed E-state index contributed by atoms with van der Waals surface area (Å²) in [6.07, 6.45) is 3.15. The van der Waals surface area contributed by atoms with Crippen molar-refractivity contribution in [1.29, 1.82) is 0 Å². The molecule has 0 aromatic heterocycles. The van der Waals surface area contributed by atoms with Crippen molar-refractivity contribution in [3.8, 4) is 0 Å². The SMILES string of the molecule is CCC(NC(=O)c1cc(Cl)ccc1Cl)C1CCCN1. The van der Waals surface area contributed by atoms with Crippen LogP contribution >= 0.6 is 23.2 Å². The van der Waals surface area contributed by atoms with Gasteiger partial charge < -0.3 is 10.6 Å². The van der Waals surface area contributed by atoms with Gasteiger partial charge in [0.15, 0.2) is 0 Å². The molecule has 2 N–H and O–H groups in total. The number of carbonyl (C=O) groups is 1. The van der Waals surface area contributed by atoms with E-state index in [-0.39, 0.29) is 11.9 Å². The smallest absolute Gasteiger partial charge is 0.253 e. The number of nitrogens with one attached hydrogen (secondary N) is 2. The molecule has 2 rings (SSSR count). The Balaban J connectivity index is 2.08. The minimum Gasteiger partial charge on any atom is -0.348 e. The predicted molar refractivity (Wildman–Crippen MR) is 79.0 cm³/mol. The third-order valence-electron chi connectivity index (χ3n) is 3.51. The Hall–Kier alpha value is -0.770. The molecule has 1 aliphatic rings. The van der Waals surface area contributed by atoms with E-state index in [1.165, 1.54) is 0 Å². The van der Waals surface area contributed by atoms with Crippen LogP contribution in [-0.2, 0) is 0 Å². The third kappa shape index (κ3) is 3.62. The zero-order chi connectivity index (χ0) is 13.8. The van der Waals surface area contributed by atoms with Crippen LogP contribution in [-0.4, -0.2) is 24.5 Å². The maximum Gasteiger partial charge on any atom is 0.253 e. The number of benzene rings is 1.